The van der Waals surface area contributed by atoms with Crippen LogP contribution in [0.25, 0.3) is 0 Å². The predicted molar refractivity (Wildman–Crippen MR) is 374 cm³/mol. The molecule has 0 amide bonds. The maximum Gasteiger partial charge on any atom is 0.333 e. The van der Waals surface area contributed by atoms with Crippen molar-refractivity contribution in [3.8, 4) is 0 Å². The maximum absolute atomic E-state index is 10.7. The van der Waals surface area contributed by atoms with E-state index < -0.39 is 6.10 Å². The minimum absolute atomic E-state index is 0.00241. The minimum Gasteiger partial charge on any atom is -0.463 e. The smallest absolute Gasteiger partial charge is 0.333 e. The summed E-state index contributed by atoms with van der Waals surface area (Å²) in [7, 11) is 16.4. The number of alkyl halides is 1. The molecular formula is C55H129ClO21Si8. The molecule has 21 nitrogen and oxygen atoms in total. The fourth-order valence-corrected chi connectivity index (χ4v) is 7.20. The van der Waals surface area contributed by atoms with Gasteiger partial charge in [0.25, 0.3) is 0 Å². The number of rotatable bonds is 48. The van der Waals surface area contributed by atoms with Gasteiger partial charge in [0.05, 0.1) is 91.3 Å². The standard InChI is InChI=1S/C9H20O4Si.C8H20O3Si.C7H18O3Si.C7H14O2Si.C6H15ClO2Si.C6H16O3Si.C6H14O2Si.C6H12O2Si/c1-8(10)13-7-9(11-2)6-12-4-3-5-14;1-9-6-8(10-2)7-11-4-3-5-12;1-9-7(5-8)6-10-3-2-4-11;1-6(2)7(8)9-4-3-5-10;7-6(4-8)5-9-2-1-3-10;7-4-6(8)5-9-2-1-3-10;9-3-1-2-7-4-6-5-8-6;1-2-6(7)8-4-3-5-9/h9H,3-7H2,1-2,14H3;8H,3-7H2,1-2,12H3;7-8H,2-6H2,1,11H3;1,3-5H2,2,10H3;6,8H,1-5H2,10H3;6-8H,1-5H2,10H3;6H,1-5H2,9H3;2H,1,3-5H2,9H3. The van der Waals surface area contributed by atoms with E-state index in [1.165, 1.54) is 156 Å². The summed E-state index contributed by atoms with van der Waals surface area (Å²) in [6.07, 6.45) is 9.56. The highest BCUT2D eigenvalue weighted by Gasteiger charge is 2.21. The molecule has 1 heterocycles. The van der Waals surface area contributed by atoms with E-state index in [1.807, 2.05) is 0 Å². The molecule has 4 N–H and O–H groups in total. The van der Waals surface area contributed by atoms with Crippen molar-refractivity contribution in [3.05, 3.63) is 24.8 Å². The summed E-state index contributed by atoms with van der Waals surface area (Å²) in [4.78, 5) is 31.6. The zero-order chi connectivity index (χ0) is 65.8. The molecule has 0 aliphatic carbocycles. The van der Waals surface area contributed by atoms with Gasteiger partial charge in [0.2, 0.25) is 0 Å². The number of carbonyl (C=O) groups excluding carboxylic acids is 3. The third kappa shape index (κ3) is 99.7. The van der Waals surface area contributed by atoms with E-state index >= 15 is 0 Å². The van der Waals surface area contributed by atoms with Gasteiger partial charge in [-0.05, 0) is 58.3 Å². The van der Waals surface area contributed by atoms with Gasteiger partial charge in [0, 0.05) is 169 Å². The lowest BCUT2D eigenvalue weighted by molar-refractivity contribution is -0.146. The number of halogens is 1. The van der Waals surface area contributed by atoms with Gasteiger partial charge in [-0.15, -0.1) is 11.6 Å². The molecule has 0 aromatic rings. The van der Waals surface area contributed by atoms with Crippen LogP contribution in [-0.4, -0.2) is 317 Å². The fourth-order valence-electron chi connectivity index (χ4n) is 4.81. The minimum atomic E-state index is -0.700. The number of carbonyl (C=O) groups is 3. The Balaban J connectivity index is -0.000000164. The highest BCUT2D eigenvalue weighted by molar-refractivity contribution is 6.20. The molecular weight excluding hydrogens is 1260 g/mol. The van der Waals surface area contributed by atoms with Gasteiger partial charge in [0.1, 0.15) is 37.1 Å². The Labute approximate surface area is 544 Å². The van der Waals surface area contributed by atoms with Crippen molar-refractivity contribution in [2.45, 2.75) is 149 Å². The van der Waals surface area contributed by atoms with E-state index in [2.05, 4.69) is 13.2 Å². The molecule has 1 saturated heterocycles. The van der Waals surface area contributed by atoms with E-state index in [0.717, 1.165) is 84.8 Å². The van der Waals surface area contributed by atoms with Crippen molar-refractivity contribution < 1.29 is 101 Å². The number of epoxide rings is 1. The summed E-state index contributed by atoms with van der Waals surface area (Å²) in [5, 5.41) is 34.1. The average molecular weight is 1390 g/mol. The van der Waals surface area contributed by atoms with Gasteiger partial charge in [-0.2, -0.15) is 0 Å². The summed E-state index contributed by atoms with van der Waals surface area (Å²) in [6.45, 7) is 20.6. The zero-order valence-electron chi connectivity index (χ0n) is 56.0. The number of hydrogen-bond acceptors (Lipinski definition) is 21. The van der Waals surface area contributed by atoms with E-state index in [0.29, 0.717) is 64.5 Å². The maximum atomic E-state index is 10.7. The molecule has 1 fully saturated rings. The van der Waals surface area contributed by atoms with E-state index in [-0.39, 0.29) is 74.6 Å². The van der Waals surface area contributed by atoms with E-state index in [1.54, 1.807) is 35.4 Å². The van der Waals surface area contributed by atoms with Gasteiger partial charge >= 0.3 is 17.9 Å². The van der Waals surface area contributed by atoms with Crippen LogP contribution in [0.15, 0.2) is 24.8 Å². The Morgan fingerprint density at radius 1 is 0.518 bits per heavy atom. The molecule has 85 heavy (non-hydrogen) atoms. The van der Waals surface area contributed by atoms with Gasteiger partial charge in [-0.3, -0.25) is 4.79 Å². The molecule has 0 bridgehead atoms. The predicted octanol–water partition coefficient (Wildman–Crippen LogP) is -3.17. The number of methoxy groups -OCH3 is 4. The fraction of sp³-hybridized carbons (Fsp3) is 0.873. The van der Waals surface area contributed by atoms with Crippen LogP contribution in [0.5, 0.6) is 0 Å². The van der Waals surface area contributed by atoms with Crippen LogP contribution in [0.3, 0.4) is 0 Å². The van der Waals surface area contributed by atoms with E-state index in [4.69, 9.17) is 98.3 Å². The molecule has 0 aromatic heterocycles. The Kier molecular flexibility index (Phi) is 101. The third-order valence-corrected chi connectivity index (χ3v) is 16.4. The Bertz CT molecular complexity index is 1310. The third-order valence-electron chi connectivity index (χ3n) is 10.5. The highest BCUT2D eigenvalue weighted by atomic mass is 35.5. The highest BCUT2D eigenvalue weighted by Crippen LogP contribution is 2.08. The zero-order valence-corrected chi connectivity index (χ0v) is 72.8. The van der Waals surface area contributed by atoms with Crippen molar-refractivity contribution in [1.29, 1.82) is 0 Å². The lowest BCUT2D eigenvalue weighted by Crippen LogP contribution is -2.25. The van der Waals surface area contributed by atoms with Crippen molar-refractivity contribution in [1.82, 2.24) is 0 Å². The lowest BCUT2D eigenvalue weighted by Gasteiger charge is -2.14. The number of hydrogen-bond donors (Lipinski definition) is 4. The summed E-state index contributed by atoms with van der Waals surface area (Å²) in [5.41, 5.74) is 0.480. The van der Waals surface area contributed by atoms with Crippen molar-refractivity contribution in [3.63, 3.8) is 0 Å². The molecule has 6 unspecified atom stereocenters. The second kappa shape index (κ2) is 87.5. The average Bonchev–Trinajstić information content (AvgIpc) is 4.45. The molecule has 0 radical (unpaired) electrons. The van der Waals surface area contributed by atoms with Gasteiger partial charge in [-0.1, -0.05) is 61.5 Å². The molecule has 1 rings (SSSR count). The van der Waals surface area contributed by atoms with Crippen LogP contribution in [-0.2, 0) is 80.7 Å². The summed E-state index contributed by atoms with van der Waals surface area (Å²) < 4.78 is 70.9. The van der Waals surface area contributed by atoms with Crippen LogP contribution in [0.1, 0.15) is 65.2 Å². The first-order valence-corrected chi connectivity index (χ1v) is 42.7. The van der Waals surface area contributed by atoms with Gasteiger partial charge < -0.3 is 86.7 Å². The first kappa shape index (κ1) is 97.9. The number of aliphatic hydroxyl groups is 4. The van der Waals surface area contributed by atoms with Crippen LogP contribution in [0.4, 0.5) is 0 Å². The number of ether oxygens (including phenoxy) is 14. The molecule has 0 aromatic carbocycles. The lowest BCUT2D eigenvalue weighted by atomic mass is 10.4. The Morgan fingerprint density at radius 2 is 0.882 bits per heavy atom. The van der Waals surface area contributed by atoms with Crippen molar-refractivity contribution in [2.75, 3.05) is 161 Å². The number of esters is 3. The second-order valence-corrected chi connectivity index (χ2v) is 27.8. The van der Waals surface area contributed by atoms with Crippen LogP contribution in [0, 0.1) is 0 Å². The molecule has 30 heteroatoms. The summed E-state index contributed by atoms with van der Waals surface area (Å²) in [5.74, 6) is -0.869. The SMILES string of the molecule is C=C(C)C(=O)OCCC[SiH3].C=CC(=O)OCCC[SiH3].COC(CO)COCCC[SiH3].COC(COCCC[SiH3])COC(C)=O.COCC(COCCC[SiH3])OC.OCC(Cl)COCCC[SiH3].OCC(O)COCCC[SiH3].[SiH3]CCCOCC1CO1. The number of aliphatic hydroxyl groups excluding tert-OH is 4. The largest absolute Gasteiger partial charge is 0.463 e. The van der Waals surface area contributed by atoms with E-state index in [9.17, 15) is 14.4 Å². The van der Waals surface area contributed by atoms with Crippen LogP contribution >= 0.6 is 11.6 Å². The molecule has 0 spiro atoms. The van der Waals surface area contributed by atoms with Crippen LogP contribution < -0.4 is 0 Å². The molecule has 514 valence electrons. The molecule has 0 saturated carbocycles. The van der Waals surface area contributed by atoms with Crippen molar-refractivity contribution in [2.24, 2.45) is 0 Å². The topological polar surface area (TPSA) is 265 Å². The molecule has 6 atom stereocenters. The van der Waals surface area contributed by atoms with Gasteiger partial charge in [0.15, 0.2) is 0 Å². The van der Waals surface area contributed by atoms with Gasteiger partial charge in [-0.25, -0.2) is 9.59 Å². The second-order valence-electron chi connectivity index (χ2n) is 19.2. The molecule has 1 aliphatic rings. The Hall–Kier alpha value is -0.685. The first-order chi connectivity index (χ1) is 40.9. The van der Waals surface area contributed by atoms with Crippen molar-refractivity contribution >= 4 is 111 Å². The monoisotopic (exact) mass is 1380 g/mol. The van der Waals surface area contributed by atoms with Crippen LogP contribution in [0.2, 0.25) is 48.4 Å². The summed E-state index contributed by atoms with van der Waals surface area (Å²) in [6, 6.07) is 10.1. The summed E-state index contributed by atoms with van der Waals surface area (Å²) >= 11 is 5.58. The quantitative estimate of drug-likeness (QED) is 0.00891. The first-order valence-electron chi connectivity index (χ1n) is 31.0. The Morgan fingerprint density at radius 3 is 1.21 bits per heavy atom. The molecule has 1 aliphatic heterocycles. The normalized spacial score (nSPS) is 13.7.